The van der Waals surface area contributed by atoms with Gasteiger partial charge in [-0.3, -0.25) is 0 Å². The fraction of sp³-hybridized carbons (Fsp3) is 0.231. The Balaban J connectivity index is 1.70. The molecule has 0 amide bonds. The number of hydrogen-bond acceptors (Lipinski definition) is 0. The Bertz CT molecular complexity index is 993. The van der Waals surface area contributed by atoms with Crippen molar-refractivity contribution < 1.29 is 0 Å². The van der Waals surface area contributed by atoms with Gasteiger partial charge in [0, 0.05) is 0 Å². The molecular formula is C26H28P2. The molecule has 2 heteroatoms. The highest BCUT2D eigenvalue weighted by Crippen LogP contribution is 2.51. The molecule has 0 N–H and O–H groups in total. The van der Waals surface area contributed by atoms with Crippen LogP contribution >= 0.6 is 15.1 Å². The van der Waals surface area contributed by atoms with E-state index in [9.17, 15) is 0 Å². The van der Waals surface area contributed by atoms with Gasteiger partial charge < -0.3 is 0 Å². The molecule has 0 radical (unpaired) electrons. The largest absolute Gasteiger partial charge is 0.0896 e. The molecule has 0 spiro atoms. The minimum absolute atomic E-state index is 0.311. The summed E-state index contributed by atoms with van der Waals surface area (Å²) in [4.78, 5) is 0. The summed E-state index contributed by atoms with van der Waals surface area (Å²) in [5.74, 6) is 5.05. The van der Waals surface area contributed by atoms with Crippen molar-refractivity contribution in [2.24, 2.45) is 0 Å². The smallest absolute Gasteiger partial charge is 0.00192 e. The first-order valence-electron chi connectivity index (χ1n) is 10.0. The van der Waals surface area contributed by atoms with Crippen molar-refractivity contribution in [3.63, 3.8) is 0 Å². The first kappa shape index (κ1) is 19.3. The van der Waals surface area contributed by atoms with Gasteiger partial charge in [0.05, 0.1) is 0 Å². The highest BCUT2D eigenvalue weighted by atomic mass is 31.1. The molecule has 2 atom stereocenters. The van der Waals surface area contributed by atoms with E-state index < -0.39 is 0 Å². The molecule has 0 aliphatic carbocycles. The molecule has 142 valence electrons. The maximum absolute atomic E-state index is 2.52. The van der Waals surface area contributed by atoms with Crippen molar-refractivity contribution in [3.8, 4) is 10.6 Å². The number of rotatable bonds is 5. The van der Waals surface area contributed by atoms with Crippen molar-refractivity contribution >= 4 is 15.1 Å². The lowest BCUT2D eigenvalue weighted by atomic mass is 10.1. The van der Waals surface area contributed by atoms with Crippen molar-refractivity contribution in [2.75, 3.05) is 0 Å². The Kier molecular flexibility index (Phi) is 5.63. The molecule has 0 aliphatic rings. The molecule has 2 heterocycles. The first-order chi connectivity index (χ1) is 13.6. The number of aryl methyl sites for hydroxylation is 2. The zero-order chi connectivity index (χ0) is 19.7. The molecular weight excluding hydrogens is 374 g/mol. The van der Waals surface area contributed by atoms with Gasteiger partial charge in [-0.05, 0) is 95.6 Å². The summed E-state index contributed by atoms with van der Waals surface area (Å²) >= 11 is 0. The summed E-state index contributed by atoms with van der Waals surface area (Å²) in [6, 6.07) is 22.2. The molecule has 2 aromatic heterocycles. The highest BCUT2D eigenvalue weighted by Gasteiger charge is 2.16. The molecule has 0 nitrogen and oxygen atoms in total. The Morgan fingerprint density at radius 1 is 0.536 bits per heavy atom. The minimum atomic E-state index is -0.311. The molecule has 0 fully saturated rings. The predicted molar refractivity (Wildman–Crippen MR) is 127 cm³/mol. The molecule has 0 bridgehead atoms. The van der Waals surface area contributed by atoms with Crippen LogP contribution in [0.4, 0.5) is 0 Å². The van der Waals surface area contributed by atoms with Crippen molar-refractivity contribution in [1.82, 2.24) is 0 Å². The standard InChI is InChI=1S/C26H28P2/c1-19-17-27(23-11-7-5-8-12-23)25(21(19)3)15-16-26-22(4)20(2)18-28(26)24-13-9-6-10-14-24/h5-14,17-18H,15-16H2,1-4H3. The average Bonchev–Trinajstić information content (AvgIpc) is 3.18. The lowest BCUT2D eigenvalue weighted by Gasteiger charge is -2.11. The number of hydrogen-bond donors (Lipinski definition) is 0. The van der Waals surface area contributed by atoms with Crippen LogP contribution in [0.25, 0.3) is 10.6 Å². The van der Waals surface area contributed by atoms with Crippen LogP contribution in [0.1, 0.15) is 32.8 Å². The van der Waals surface area contributed by atoms with E-state index in [1.54, 1.807) is 10.6 Å². The van der Waals surface area contributed by atoms with Crippen molar-refractivity contribution in [3.05, 3.63) is 105 Å². The van der Waals surface area contributed by atoms with Gasteiger partial charge in [-0.2, -0.15) is 0 Å². The summed E-state index contributed by atoms with van der Waals surface area (Å²) in [6.07, 6.45) is 2.36. The van der Waals surface area contributed by atoms with Crippen molar-refractivity contribution in [2.45, 2.75) is 40.5 Å². The van der Waals surface area contributed by atoms with E-state index in [1.807, 2.05) is 0 Å². The second kappa shape index (κ2) is 8.16. The Morgan fingerprint density at radius 2 is 0.893 bits per heavy atom. The zero-order valence-corrected chi connectivity index (χ0v) is 19.0. The molecule has 4 aromatic rings. The van der Waals surface area contributed by atoms with Gasteiger partial charge in [0.2, 0.25) is 0 Å². The third-order valence-corrected chi connectivity index (χ3v) is 11.2. The lowest BCUT2D eigenvalue weighted by molar-refractivity contribution is 0.979. The Hall–Kier alpha value is -2.00. The van der Waals surface area contributed by atoms with Crippen LogP contribution in [0.15, 0.2) is 72.3 Å². The SMILES string of the molecule is Cc1cp(-c2ccccc2)c(CCc2c(C)c(C)cp2-c2ccccc2)c1C. The minimum Gasteiger partial charge on any atom is -0.0896 e. The van der Waals surface area contributed by atoms with E-state index in [2.05, 4.69) is 100.0 Å². The highest BCUT2D eigenvalue weighted by molar-refractivity contribution is 7.58. The lowest BCUT2D eigenvalue weighted by Crippen LogP contribution is -1.92. The van der Waals surface area contributed by atoms with E-state index >= 15 is 0 Å². The van der Waals surface area contributed by atoms with E-state index in [-0.39, 0.29) is 15.1 Å². The van der Waals surface area contributed by atoms with Gasteiger partial charge in [0.25, 0.3) is 0 Å². The van der Waals surface area contributed by atoms with Gasteiger partial charge >= 0.3 is 0 Å². The normalized spacial score (nSPS) is 12.4. The summed E-state index contributed by atoms with van der Waals surface area (Å²) < 4.78 is 0. The van der Waals surface area contributed by atoms with Crippen LogP contribution in [-0.2, 0) is 12.8 Å². The molecule has 0 saturated carbocycles. The fourth-order valence-electron chi connectivity index (χ4n) is 4.04. The summed E-state index contributed by atoms with van der Waals surface area (Å²) in [5, 5.41) is 6.32. The number of benzene rings is 2. The van der Waals surface area contributed by atoms with Gasteiger partial charge in [0.1, 0.15) is 0 Å². The first-order valence-corrected chi connectivity index (χ1v) is 12.8. The quantitative estimate of drug-likeness (QED) is 0.313. The fourth-order valence-corrected chi connectivity index (χ4v) is 9.21. The molecule has 4 rings (SSSR count). The monoisotopic (exact) mass is 402 g/mol. The van der Waals surface area contributed by atoms with E-state index in [0.717, 1.165) is 0 Å². The van der Waals surface area contributed by atoms with E-state index in [4.69, 9.17) is 0 Å². The molecule has 28 heavy (non-hydrogen) atoms. The van der Waals surface area contributed by atoms with Crippen LogP contribution in [0.2, 0.25) is 0 Å². The Labute approximate surface area is 171 Å². The van der Waals surface area contributed by atoms with Crippen LogP contribution in [0.3, 0.4) is 0 Å². The van der Waals surface area contributed by atoms with Crippen LogP contribution < -0.4 is 0 Å². The molecule has 0 saturated heterocycles. The van der Waals surface area contributed by atoms with Gasteiger partial charge in [-0.1, -0.05) is 75.7 Å². The predicted octanol–water partition coefficient (Wildman–Crippen LogP) is 8.66. The van der Waals surface area contributed by atoms with E-state index in [1.165, 1.54) is 45.7 Å². The van der Waals surface area contributed by atoms with Crippen LogP contribution in [0, 0.1) is 27.7 Å². The second-order valence-electron chi connectivity index (χ2n) is 7.68. The zero-order valence-electron chi connectivity index (χ0n) is 17.2. The molecule has 0 aliphatic heterocycles. The maximum Gasteiger partial charge on any atom is -0.00192 e. The molecule has 2 unspecified atom stereocenters. The third kappa shape index (κ3) is 3.65. The van der Waals surface area contributed by atoms with Gasteiger partial charge in [-0.25, -0.2) is 0 Å². The summed E-state index contributed by atoms with van der Waals surface area (Å²) in [5.41, 5.74) is 6.00. The maximum atomic E-state index is 2.52. The summed E-state index contributed by atoms with van der Waals surface area (Å²) in [7, 11) is -0.623. The Morgan fingerprint density at radius 3 is 1.25 bits per heavy atom. The van der Waals surface area contributed by atoms with Gasteiger partial charge in [-0.15, -0.1) is 0 Å². The third-order valence-electron chi connectivity index (χ3n) is 5.94. The van der Waals surface area contributed by atoms with Crippen molar-refractivity contribution in [1.29, 1.82) is 0 Å². The van der Waals surface area contributed by atoms with Gasteiger partial charge in [0.15, 0.2) is 0 Å². The second-order valence-corrected chi connectivity index (χ2v) is 11.8. The van der Waals surface area contributed by atoms with E-state index in [0.29, 0.717) is 0 Å². The van der Waals surface area contributed by atoms with Crippen LogP contribution in [0.5, 0.6) is 0 Å². The average molecular weight is 402 g/mol. The molecule has 2 aromatic carbocycles. The topological polar surface area (TPSA) is 0 Å². The summed E-state index contributed by atoms with van der Waals surface area (Å²) in [6.45, 7) is 9.21. The van der Waals surface area contributed by atoms with Crippen LogP contribution in [-0.4, -0.2) is 0 Å².